The van der Waals surface area contributed by atoms with Gasteiger partial charge >= 0.3 is 6.03 Å². The molecule has 0 aromatic heterocycles. The Kier molecular flexibility index (Phi) is 4.00. The van der Waals surface area contributed by atoms with Crippen molar-refractivity contribution in [1.29, 1.82) is 0 Å². The van der Waals surface area contributed by atoms with Crippen LogP contribution in [-0.4, -0.2) is 30.1 Å². The Morgan fingerprint density at radius 3 is 2.40 bits per heavy atom. The van der Waals surface area contributed by atoms with Crippen molar-refractivity contribution in [3.05, 3.63) is 0 Å². The predicted octanol–water partition coefficient (Wildman–Crippen LogP) is 2.62. The van der Waals surface area contributed by atoms with Gasteiger partial charge in [-0.15, -0.1) is 0 Å². The lowest BCUT2D eigenvalue weighted by Gasteiger charge is -2.30. The number of carbonyl (C=O) groups excluding carboxylic acids is 1. The van der Waals surface area contributed by atoms with Gasteiger partial charge in [0.05, 0.1) is 0 Å². The largest absolute Gasteiger partial charge is 0.335 e. The topological polar surface area (TPSA) is 32.3 Å². The van der Waals surface area contributed by atoms with E-state index in [0.29, 0.717) is 6.04 Å². The molecule has 88 valence electrons. The third-order valence-corrected chi connectivity index (χ3v) is 3.61. The molecule has 0 radical (unpaired) electrons. The molecule has 2 amide bonds. The molecule has 1 rings (SSSR count). The van der Waals surface area contributed by atoms with Crippen LogP contribution in [0.15, 0.2) is 0 Å². The van der Waals surface area contributed by atoms with E-state index in [1.807, 2.05) is 18.7 Å². The minimum Gasteiger partial charge on any atom is -0.335 e. The van der Waals surface area contributed by atoms with Gasteiger partial charge in [0.2, 0.25) is 0 Å². The van der Waals surface area contributed by atoms with Crippen molar-refractivity contribution in [3.8, 4) is 0 Å². The average molecular weight is 212 g/mol. The second-order valence-corrected chi connectivity index (χ2v) is 5.06. The van der Waals surface area contributed by atoms with E-state index >= 15 is 0 Å². The van der Waals surface area contributed by atoms with Crippen molar-refractivity contribution in [1.82, 2.24) is 10.2 Å². The first-order valence-electron chi connectivity index (χ1n) is 6.06. The van der Waals surface area contributed by atoms with Gasteiger partial charge in [0.1, 0.15) is 0 Å². The molecule has 0 saturated heterocycles. The van der Waals surface area contributed by atoms with Crippen molar-refractivity contribution >= 4 is 6.03 Å². The number of carbonyl (C=O) groups is 1. The molecule has 0 bridgehead atoms. The van der Waals surface area contributed by atoms with E-state index in [-0.39, 0.29) is 11.4 Å². The highest BCUT2D eigenvalue weighted by Crippen LogP contribution is 2.37. The molecular weight excluding hydrogens is 188 g/mol. The van der Waals surface area contributed by atoms with E-state index in [1.54, 1.807) is 0 Å². The molecule has 1 N–H and O–H groups in total. The van der Waals surface area contributed by atoms with Gasteiger partial charge in [-0.2, -0.15) is 0 Å². The number of urea groups is 1. The molecule has 1 saturated carbocycles. The van der Waals surface area contributed by atoms with Gasteiger partial charge in [-0.05, 0) is 32.1 Å². The lowest BCUT2D eigenvalue weighted by molar-refractivity contribution is 0.187. The summed E-state index contributed by atoms with van der Waals surface area (Å²) in [5, 5.41) is 3.16. The van der Waals surface area contributed by atoms with Gasteiger partial charge in [-0.1, -0.05) is 20.3 Å². The highest BCUT2D eigenvalue weighted by Gasteiger charge is 2.35. The third-order valence-electron chi connectivity index (χ3n) is 3.61. The van der Waals surface area contributed by atoms with Crippen LogP contribution in [-0.2, 0) is 0 Å². The Morgan fingerprint density at radius 1 is 1.40 bits per heavy atom. The fourth-order valence-electron chi connectivity index (χ4n) is 2.35. The zero-order valence-corrected chi connectivity index (χ0v) is 10.5. The summed E-state index contributed by atoms with van der Waals surface area (Å²) in [5.74, 6) is 0. The van der Waals surface area contributed by atoms with Crippen molar-refractivity contribution < 1.29 is 4.79 Å². The van der Waals surface area contributed by atoms with E-state index in [0.717, 1.165) is 19.5 Å². The molecule has 1 aliphatic carbocycles. The number of rotatable bonds is 3. The molecule has 1 fully saturated rings. The van der Waals surface area contributed by atoms with Crippen LogP contribution < -0.4 is 5.32 Å². The maximum atomic E-state index is 11.9. The zero-order chi connectivity index (χ0) is 11.5. The summed E-state index contributed by atoms with van der Waals surface area (Å²) in [5.41, 5.74) is 0.267. The minimum atomic E-state index is 0.0972. The summed E-state index contributed by atoms with van der Waals surface area (Å²) < 4.78 is 0. The first kappa shape index (κ1) is 12.3. The van der Waals surface area contributed by atoms with Crippen LogP contribution in [0.25, 0.3) is 0 Å². The molecular formula is C12H24N2O. The molecule has 0 spiro atoms. The summed E-state index contributed by atoms with van der Waals surface area (Å²) in [6.45, 7) is 10.1. The second kappa shape index (κ2) is 4.86. The van der Waals surface area contributed by atoms with Gasteiger partial charge in [0.25, 0.3) is 0 Å². The van der Waals surface area contributed by atoms with E-state index < -0.39 is 0 Å². The molecule has 0 heterocycles. The van der Waals surface area contributed by atoms with Crippen LogP contribution in [0.4, 0.5) is 4.79 Å². The lowest BCUT2D eigenvalue weighted by Crippen LogP contribution is -2.48. The molecule has 1 unspecified atom stereocenters. The summed E-state index contributed by atoms with van der Waals surface area (Å²) in [4.78, 5) is 13.7. The van der Waals surface area contributed by atoms with Crippen molar-refractivity contribution in [2.24, 2.45) is 5.41 Å². The van der Waals surface area contributed by atoms with E-state index in [2.05, 4.69) is 19.2 Å². The Labute approximate surface area is 93.2 Å². The molecule has 1 aliphatic rings. The highest BCUT2D eigenvalue weighted by atomic mass is 16.2. The highest BCUT2D eigenvalue weighted by molar-refractivity contribution is 5.74. The van der Waals surface area contributed by atoms with Crippen molar-refractivity contribution in [2.45, 2.75) is 53.0 Å². The van der Waals surface area contributed by atoms with Gasteiger partial charge in [0.15, 0.2) is 0 Å². The van der Waals surface area contributed by atoms with Crippen LogP contribution in [0.5, 0.6) is 0 Å². The average Bonchev–Trinajstić information content (AvgIpc) is 2.48. The minimum absolute atomic E-state index is 0.0972. The van der Waals surface area contributed by atoms with Gasteiger partial charge in [-0.3, -0.25) is 0 Å². The van der Waals surface area contributed by atoms with E-state index in [1.165, 1.54) is 12.8 Å². The number of amides is 2. The number of hydrogen-bond donors (Lipinski definition) is 1. The Hall–Kier alpha value is -0.730. The molecule has 0 aromatic rings. The zero-order valence-electron chi connectivity index (χ0n) is 10.5. The van der Waals surface area contributed by atoms with Crippen LogP contribution in [0.2, 0.25) is 0 Å². The van der Waals surface area contributed by atoms with E-state index in [9.17, 15) is 4.79 Å². The number of nitrogens with zero attached hydrogens (tertiary/aromatic N) is 1. The van der Waals surface area contributed by atoms with Gasteiger partial charge < -0.3 is 10.2 Å². The molecule has 0 aromatic carbocycles. The maximum absolute atomic E-state index is 11.9. The summed E-state index contributed by atoms with van der Waals surface area (Å²) >= 11 is 0. The smallest absolute Gasteiger partial charge is 0.317 e. The normalized spacial score (nSPS) is 23.9. The first-order chi connectivity index (χ1) is 7.01. The van der Waals surface area contributed by atoms with Gasteiger partial charge in [0, 0.05) is 19.1 Å². The SMILES string of the molecule is CCN(CC)C(=O)NC1CCCC1(C)C. The molecule has 3 nitrogen and oxygen atoms in total. The first-order valence-corrected chi connectivity index (χ1v) is 6.06. The quantitative estimate of drug-likeness (QED) is 0.766. The van der Waals surface area contributed by atoms with Crippen LogP contribution in [0.3, 0.4) is 0 Å². The monoisotopic (exact) mass is 212 g/mol. The van der Waals surface area contributed by atoms with Crippen molar-refractivity contribution in [2.75, 3.05) is 13.1 Å². The molecule has 1 atom stereocenters. The Bertz CT molecular complexity index is 222. The Morgan fingerprint density at radius 2 is 2.00 bits per heavy atom. The van der Waals surface area contributed by atoms with Crippen LogP contribution in [0.1, 0.15) is 47.0 Å². The van der Waals surface area contributed by atoms with Crippen LogP contribution in [0, 0.1) is 5.41 Å². The van der Waals surface area contributed by atoms with E-state index in [4.69, 9.17) is 0 Å². The second-order valence-electron chi connectivity index (χ2n) is 5.06. The maximum Gasteiger partial charge on any atom is 0.317 e. The summed E-state index contributed by atoms with van der Waals surface area (Å²) in [7, 11) is 0. The van der Waals surface area contributed by atoms with Crippen molar-refractivity contribution in [3.63, 3.8) is 0 Å². The fourth-order valence-corrected chi connectivity index (χ4v) is 2.35. The molecule has 15 heavy (non-hydrogen) atoms. The molecule has 3 heteroatoms. The number of hydrogen-bond acceptors (Lipinski definition) is 1. The predicted molar refractivity (Wildman–Crippen MR) is 62.9 cm³/mol. The standard InChI is InChI=1S/C12H24N2O/c1-5-14(6-2)11(15)13-10-8-7-9-12(10,3)4/h10H,5-9H2,1-4H3,(H,13,15). The fraction of sp³-hybridized carbons (Fsp3) is 0.917. The molecule has 0 aliphatic heterocycles. The lowest BCUT2D eigenvalue weighted by atomic mass is 9.87. The van der Waals surface area contributed by atoms with Gasteiger partial charge in [-0.25, -0.2) is 4.79 Å². The Balaban J connectivity index is 2.51. The summed E-state index contributed by atoms with van der Waals surface area (Å²) in [6.07, 6.45) is 3.58. The number of nitrogens with one attached hydrogen (secondary N) is 1. The third kappa shape index (κ3) is 2.86. The summed E-state index contributed by atoms with van der Waals surface area (Å²) in [6, 6.07) is 0.450. The van der Waals surface area contributed by atoms with Crippen LogP contribution >= 0.6 is 0 Å².